The second-order valence-electron chi connectivity index (χ2n) is 6.03. The highest BCUT2D eigenvalue weighted by molar-refractivity contribution is 6.35. The molecule has 0 spiro atoms. The highest BCUT2D eigenvalue weighted by Crippen LogP contribution is 2.25. The minimum atomic E-state index is -0.0743. The van der Waals surface area contributed by atoms with Gasteiger partial charge in [-0.2, -0.15) is 0 Å². The van der Waals surface area contributed by atoms with E-state index in [0.717, 1.165) is 11.1 Å². The van der Waals surface area contributed by atoms with E-state index in [1.807, 2.05) is 36.4 Å². The quantitative estimate of drug-likeness (QED) is 0.403. The van der Waals surface area contributed by atoms with E-state index < -0.39 is 0 Å². The second-order valence-corrected chi connectivity index (χ2v) is 6.87. The van der Waals surface area contributed by atoms with Crippen LogP contribution in [0.4, 0.5) is 0 Å². The van der Waals surface area contributed by atoms with E-state index >= 15 is 0 Å². The fourth-order valence-corrected chi connectivity index (χ4v) is 3.28. The molecular formula is C22H14Cl2O3. The van der Waals surface area contributed by atoms with Crippen molar-refractivity contribution in [2.24, 2.45) is 0 Å². The largest absolute Gasteiger partial charge is 0.489 e. The molecule has 0 saturated carbocycles. The van der Waals surface area contributed by atoms with Crippen molar-refractivity contribution in [2.75, 3.05) is 0 Å². The van der Waals surface area contributed by atoms with Gasteiger partial charge in [0.2, 0.25) is 0 Å². The lowest BCUT2D eigenvalue weighted by Crippen LogP contribution is -2.05. The van der Waals surface area contributed by atoms with E-state index in [0.29, 0.717) is 32.3 Å². The molecule has 5 heteroatoms. The average Bonchev–Trinajstić information content (AvgIpc) is 2.68. The molecule has 0 radical (unpaired) electrons. The lowest BCUT2D eigenvalue weighted by molar-refractivity contribution is 0.306. The Labute approximate surface area is 165 Å². The maximum Gasteiger partial charge on any atom is 0.200 e. The summed E-state index contributed by atoms with van der Waals surface area (Å²) in [6.45, 7) is 0.286. The van der Waals surface area contributed by atoms with Gasteiger partial charge in [-0.1, -0.05) is 59.6 Å². The Kier molecular flexibility index (Phi) is 4.88. The molecule has 0 amide bonds. The van der Waals surface area contributed by atoms with Crippen LogP contribution in [0.25, 0.3) is 22.1 Å². The molecule has 0 aliphatic carbocycles. The van der Waals surface area contributed by atoms with E-state index in [1.54, 1.807) is 30.3 Å². The van der Waals surface area contributed by atoms with Crippen molar-refractivity contribution >= 4 is 34.2 Å². The van der Waals surface area contributed by atoms with Crippen LogP contribution in [0.2, 0.25) is 10.0 Å². The topological polar surface area (TPSA) is 39.4 Å². The summed E-state index contributed by atoms with van der Waals surface area (Å²) in [4.78, 5) is 12.8. The van der Waals surface area contributed by atoms with Crippen LogP contribution in [0.5, 0.6) is 5.75 Å². The van der Waals surface area contributed by atoms with E-state index in [4.69, 9.17) is 32.4 Å². The van der Waals surface area contributed by atoms with Crippen LogP contribution in [-0.4, -0.2) is 0 Å². The van der Waals surface area contributed by atoms with Crippen molar-refractivity contribution in [2.45, 2.75) is 6.61 Å². The number of ether oxygens (including phenoxy) is 1. The maximum atomic E-state index is 12.8. The van der Waals surface area contributed by atoms with Crippen molar-refractivity contribution < 1.29 is 9.15 Å². The van der Waals surface area contributed by atoms with E-state index in [2.05, 4.69) is 0 Å². The monoisotopic (exact) mass is 396 g/mol. The van der Waals surface area contributed by atoms with E-state index in [1.165, 1.54) is 6.26 Å². The van der Waals surface area contributed by atoms with Crippen LogP contribution in [0.3, 0.4) is 0 Å². The predicted molar refractivity (Wildman–Crippen MR) is 109 cm³/mol. The Morgan fingerprint density at radius 1 is 0.926 bits per heavy atom. The first kappa shape index (κ1) is 17.7. The molecule has 1 heterocycles. The summed E-state index contributed by atoms with van der Waals surface area (Å²) < 4.78 is 11.5. The zero-order valence-electron chi connectivity index (χ0n) is 14.1. The highest BCUT2D eigenvalue weighted by atomic mass is 35.5. The normalized spacial score (nSPS) is 10.9. The Bertz CT molecular complexity index is 1170. The summed E-state index contributed by atoms with van der Waals surface area (Å²) in [7, 11) is 0. The smallest absolute Gasteiger partial charge is 0.200 e. The summed E-state index contributed by atoms with van der Waals surface area (Å²) in [6, 6.07) is 19.9. The van der Waals surface area contributed by atoms with Gasteiger partial charge in [-0.3, -0.25) is 4.79 Å². The fraction of sp³-hybridized carbons (Fsp3) is 0.0455. The van der Waals surface area contributed by atoms with Gasteiger partial charge in [-0.15, -0.1) is 0 Å². The molecule has 0 fully saturated rings. The third-order valence-electron chi connectivity index (χ3n) is 4.24. The molecule has 0 N–H and O–H groups in total. The van der Waals surface area contributed by atoms with Crippen molar-refractivity contribution in [1.29, 1.82) is 0 Å². The van der Waals surface area contributed by atoms with Crippen molar-refractivity contribution in [3.05, 3.63) is 98.8 Å². The molecule has 1 aromatic heterocycles. The van der Waals surface area contributed by atoms with Crippen LogP contribution >= 0.6 is 23.2 Å². The van der Waals surface area contributed by atoms with Gasteiger partial charge in [0.1, 0.15) is 24.2 Å². The number of hydrogen-bond donors (Lipinski definition) is 0. The molecule has 0 bridgehead atoms. The summed E-state index contributed by atoms with van der Waals surface area (Å²) in [5.41, 5.74) is 2.58. The fourth-order valence-electron chi connectivity index (χ4n) is 2.82. The molecule has 3 aromatic carbocycles. The van der Waals surface area contributed by atoms with Gasteiger partial charge >= 0.3 is 0 Å². The number of halogens is 2. The van der Waals surface area contributed by atoms with Gasteiger partial charge < -0.3 is 9.15 Å². The van der Waals surface area contributed by atoms with Crippen LogP contribution in [0.1, 0.15) is 5.56 Å². The first-order valence-electron chi connectivity index (χ1n) is 8.29. The number of rotatable bonds is 4. The zero-order valence-corrected chi connectivity index (χ0v) is 15.6. The van der Waals surface area contributed by atoms with E-state index in [-0.39, 0.29) is 12.0 Å². The molecule has 0 unspecified atom stereocenters. The highest BCUT2D eigenvalue weighted by Gasteiger charge is 2.10. The molecule has 0 atom stereocenters. The third-order valence-corrected chi connectivity index (χ3v) is 4.83. The van der Waals surface area contributed by atoms with Crippen molar-refractivity contribution in [3.63, 3.8) is 0 Å². The predicted octanol–water partition coefficient (Wildman–Crippen LogP) is 6.35. The zero-order chi connectivity index (χ0) is 18.8. The number of fused-ring (bicyclic) bond motifs is 1. The van der Waals surface area contributed by atoms with Gasteiger partial charge in [0.05, 0.1) is 10.9 Å². The van der Waals surface area contributed by atoms with Crippen LogP contribution in [0, 0.1) is 0 Å². The summed E-state index contributed by atoms with van der Waals surface area (Å²) in [6.07, 6.45) is 1.49. The number of benzene rings is 3. The minimum absolute atomic E-state index is 0.0743. The molecule has 134 valence electrons. The third kappa shape index (κ3) is 3.70. The lowest BCUT2D eigenvalue weighted by atomic mass is 10.1. The molecule has 0 aliphatic heterocycles. The molecule has 0 saturated heterocycles. The first-order valence-corrected chi connectivity index (χ1v) is 9.05. The average molecular weight is 397 g/mol. The Hall–Kier alpha value is -2.75. The van der Waals surface area contributed by atoms with E-state index in [9.17, 15) is 4.79 Å². The Morgan fingerprint density at radius 2 is 1.74 bits per heavy atom. The minimum Gasteiger partial charge on any atom is -0.489 e. The molecule has 27 heavy (non-hydrogen) atoms. The van der Waals surface area contributed by atoms with Gasteiger partial charge in [-0.25, -0.2) is 0 Å². The molecule has 3 nitrogen and oxygen atoms in total. The summed E-state index contributed by atoms with van der Waals surface area (Å²) in [5, 5.41) is 1.63. The standard InChI is InChI=1S/C22H14Cl2O3/c23-16-7-6-15(20(24)10-16)12-26-17-8-9-18-21(11-17)27-13-19(22(18)25)14-4-2-1-3-5-14/h1-11,13H,12H2. The van der Waals surface area contributed by atoms with Gasteiger partial charge in [0.25, 0.3) is 0 Å². The van der Waals surface area contributed by atoms with Gasteiger partial charge in [0, 0.05) is 21.7 Å². The molecule has 4 aromatic rings. The van der Waals surface area contributed by atoms with Crippen molar-refractivity contribution in [1.82, 2.24) is 0 Å². The Balaban J connectivity index is 1.62. The Morgan fingerprint density at radius 3 is 2.52 bits per heavy atom. The molecular weight excluding hydrogens is 383 g/mol. The first-order chi connectivity index (χ1) is 13.1. The number of hydrogen-bond acceptors (Lipinski definition) is 3. The SMILES string of the molecule is O=c1c(-c2ccccc2)coc2cc(OCc3ccc(Cl)cc3Cl)ccc12. The summed E-state index contributed by atoms with van der Waals surface area (Å²) in [5.74, 6) is 0.587. The van der Waals surface area contributed by atoms with Gasteiger partial charge in [-0.05, 0) is 29.8 Å². The van der Waals surface area contributed by atoms with Gasteiger partial charge in [0.15, 0.2) is 5.43 Å². The van der Waals surface area contributed by atoms with Crippen molar-refractivity contribution in [3.8, 4) is 16.9 Å². The molecule has 4 rings (SSSR count). The molecule has 0 aliphatic rings. The second kappa shape index (κ2) is 7.47. The summed E-state index contributed by atoms with van der Waals surface area (Å²) >= 11 is 12.1. The van der Waals surface area contributed by atoms with Crippen LogP contribution < -0.4 is 10.2 Å². The van der Waals surface area contributed by atoms with Crippen LogP contribution in [0.15, 0.2) is 82.2 Å². The lowest BCUT2D eigenvalue weighted by Gasteiger charge is -2.09. The van der Waals surface area contributed by atoms with Crippen LogP contribution in [-0.2, 0) is 6.61 Å². The maximum absolute atomic E-state index is 12.8.